The molecule has 2 N–H and O–H groups in total. The van der Waals surface area contributed by atoms with Gasteiger partial charge in [-0.1, -0.05) is 39.7 Å². The van der Waals surface area contributed by atoms with Crippen LogP contribution < -0.4 is 5.32 Å². The van der Waals surface area contributed by atoms with Gasteiger partial charge in [0.25, 0.3) is 0 Å². The number of carbonyl (C=O) groups is 1. The van der Waals surface area contributed by atoms with Crippen molar-refractivity contribution < 1.29 is 9.90 Å². The van der Waals surface area contributed by atoms with E-state index in [4.69, 9.17) is 11.6 Å². The van der Waals surface area contributed by atoms with Gasteiger partial charge in [0.05, 0.1) is 0 Å². The highest BCUT2D eigenvalue weighted by atomic mass is 79.9. The van der Waals surface area contributed by atoms with Gasteiger partial charge in [0, 0.05) is 15.2 Å². The Balaban J connectivity index is 2.23. The van der Waals surface area contributed by atoms with E-state index in [9.17, 15) is 9.90 Å². The van der Waals surface area contributed by atoms with Crippen molar-refractivity contribution in [1.82, 2.24) is 0 Å². The van der Waals surface area contributed by atoms with E-state index in [-0.39, 0.29) is 0 Å². The number of nitrogens with one attached hydrogen (secondary N) is 1. The van der Waals surface area contributed by atoms with E-state index < -0.39 is 12.0 Å². The highest BCUT2D eigenvalue weighted by molar-refractivity contribution is 9.10. The van der Waals surface area contributed by atoms with Gasteiger partial charge in [-0.05, 0) is 42.0 Å². The van der Waals surface area contributed by atoms with Crippen LogP contribution in [0.3, 0.4) is 0 Å². The Morgan fingerprint density at radius 1 is 1.11 bits per heavy atom. The third kappa shape index (κ3) is 3.72. The van der Waals surface area contributed by atoms with E-state index in [1.807, 2.05) is 24.3 Å². The monoisotopic (exact) mass is 339 g/mol. The van der Waals surface area contributed by atoms with Gasteiger partial charge in [0.15, 0.2) is 6.04 Å². The second-order valence-electron chi connectivity index (χ2n) is 3.97. The highest BCUT2D eigenvalue weighted by Gasteiger charge is 2.19. The quantitative estimate of drug-likeness (QED) is 0.870. The first-order valence-corrected chi connectivity index (χ1v) is 6.74. The molecule has 1 atom stereocenters. The van der Waals surface area contributed by atoms with Crippen LogP contribution in [-0.4, -0.2) is 11.1 Å². The van der Waals surface area contributed by atoms with Crippen LogP contribution in [0.2, 0.25) is 5.02 Å². The molecule has 0 spiro atoms. The fraction of sp³-hybridized carbons (Fsp3) is 0.0714. The van der Waals surface area contributed by atoms with Gasteiger partial charge < -0.3 is 10.4 Å². The zero-order chi connectivity index (χ0) is 13.8. The number of carboxylic acids is 1. The summed E-state index contributed by atoms with van der Waals surface area (Å²) >= 11 is 9.14. The van der Waals surface area contributed by atoms with Crippen molar-refractivity contribution in [2.45, 2.75) is 6.04 Å². The Bertz CT molecular complexity index is 569. The lowest BCUT2D eigenvalue weighted by atomic mass is 10.1. The number of aliphatic carboxylic acids is 1. The number of carboxylic acid groups (broad SMARTS) is 1. The molecule has 5 heteroatoms. The molecule has 3 nitrogen and oxygen atoms in total. The maximum atomic E-state index is 11.4. The van der Waals surface area contributed by atoms with Gasteiger partial charge in [0.1, 0.15) is 0 Å². The van der Waals surface area contributed by atoms with Gasteiger partial charge in [-0.2, -0.15) is 0 Å². The Morgan fingerprint density at radius 2 is 1.68 bits per heavy atom. The Morgan fingerprint density at radius 3 is 2.21 bits per heavy atom. The average Bonchev–Trinajstić information content (AvgIpc) is 2.39. The van der Waals surface area contributed by atoms with Gasteiger partial charge >= 0.3 is 5.97 Å². The summed E-state index contributed by atoms with van der Waals surface area (Å²) in [6.45, 7) is 0. The van der Waals surface area contributed by atoms with E-state index in [0.717, 1.165) is 10.2 Å². The van der Waals surface area contributed by atoms with E-state index in [2.05, 4.69) is 21.2 Å². The number of benzene rings is 2. The summed E-state index contributed by atoms with van der Waals surface area (Å²) < 4.78 is 0.941. The first-order chi connectivity index (χ1) is 9.06. The molecule has 0 aliphatic rings. The molecule has 0 radical (unpaired) electrons. The molecule has 2 aromatic carbocycles. The van der Waals surface area contributed by atoms with Crippen LogP contribution in [-0.2, 0) is 4.79 Å². The molecule has 98 valence electrons. The maximum Gasteiger partial charge on any atom is 0.330 e. The van der Waals surface area contributed by atoms with Crippen molar-refractivity contribution in [1.29, 1.82) is 0 Å². The summed E-state index contributed by atoms with van der Waals surface area (Å²) in [5, 5.41) is 12.9. The molecule has 2 rings (SSSR count). The third-order valence-electron chi connectivity index (χ3n) is 2.61. The van der Waals surface area contributed by atoms with Crippen molar-refractivity contribution >= 4 is 39.2 Å². The topological polar surface area (TPSA) is 49.3 Å². The SMILES string of the molecule is O=C(O)C(Nc1ccc(Br)cc1)c1ccc(Cl)cc1. The first-order valence-electron chi connectivity index (χ1n) is 5.56. The fourth-order valence-corrected chi connectivity index (χ4v) is 2.05. The summed E-state index contributed by atoms with van der Waals surface area (Å²) in [6, 6.07) is 13.3. The molecule has 0 aromatic heterocycles. The van der Waals surface area contributed by atoms with Crippen LogP contribution in [0.25, 0.3) is 0 Å². The number of hydrogen-bond acceptors (Lipinski definition) is 2. The van der Waals surface area contributed by atoms with Crippen molar-refractivity contribution in [3.8, 4) is 0 Å². The number of hydrogen-bond donors (Lipinski definition) is 2. The maximum absolute atomic E-state index is 11.4. The Labute approximate surface area is 124 Å². The Kier molecular flexibility index (Phi) is 4.45. The molecule has 0 heterocycles. The molecule has 0 bridgehead atoms. The molecule has 0 aliphatic heterocycles. The Hall–Kier alpha value is -1.52. The fourth-order valence-electron chi connectivity index (χ4n) is 1.66. The molecular formula is C14H11BrClNO2. The minimum absolute atomic E-state index is 0.580. The summed E-state index contributed by atoms with van der Waals surface area (Å²) in [5.41, 5.74) is 1.39. The summed E-state index contributed by atoms with van der Waals surface area (Å²) in [4.78, 5) is 11.4. The molecule has 0 amide bonds. The summed E-state index contributed by atoms with van der Waals surface area (Å²) in [7, 11) is 0. The minimum atomic E-state index is -0.940. The van der Waals surface area contributed by atoms with Gasteiger partial charge in [0.2, 0.25) is 0 Å². The molecule has 19 heavy (non-hydrogen) atoms. The van der Waals surface area contributed by atoms with E-state index in [1.165, 1.54) is 0 Å². The van der Waals surface area contributed by atoms with Gasteiger partial charge in [-0.25, -0.2) is 4.79 Å². The predicted octanol–water partition coefficient (Wildman–Crippen LogP) is 4.34. The molecule has 2 aromatic rings. The minimum Gasteiger partial charge on any atom is -0.479 e. The van der Waals surface area contributed by atoms with E-state index in [0.29, 0.717) is 10.6 Å². The zero-order valence-corrected chi connectivity index (χ0v) is 12.1. The van der Waals surface area contributed by atoms with Crippen LogP contribution in [0.4, 0.5) is 5.69 Å². The second kappa shape index (κ2) is 6.08. The molecule has 0 aliphatic carbocycles. The van der Waals surface area contributed by atoms with Crippen LogP contribution in [0.15, 0.2) is 53.0 Å². The lowest BCUT2D eigenvalue weighted by molar-refractivity contribution is -0.138. The molecule has 1 unspecified atom stereocenters. The summed E-state index contributed by atoms with van der Waals surface area (Å²) in [5.74, 6) is -0.940. The van der Waals surface area contributed by atoms with Crippen LogP contribution in [0, 0.1) is 0 Å². The van der Waals surface area contributed by atoms with Crippen molar-refractivity contribution in [2.75, 3.05) is 5.32 Å². The predicted molar refractivity (Wildman–Crippen MR) is 79.6 cm³/mol. The standard InChI is InChI=1S/C14H11BrClNO2/c15-10-3-7-12(8-4-10)17-13(14(18)19)9-1-5-11(16)6-2-9/h1-8,13,17H,(H,18,19). The second-order valence-corrected chi connectivity index (χ2v) is 5.33. The molecule has 0 fully saturated rings. The van der Waals surface area contributed by atoms with Crippen LogP contribution in [0.5, 0.6) is 0 Å². The first kappa shape index (κ1) is 13.9. The lowest BCUT2D eigenvalue weighted by Crippen LogP contribution is -2.20. The van der Waals surface area contributed by atoms with Crippen LogP contribution >= 0.6 is 27.5 Å². The zero-order valence-electron chi connectivity index (χ0n) is 9.81. The van der Waals surface area contributed by atoms with Crippen LogP contribution in [0.1, 0.15) is 11.6 Å². The number of halogens is 2. The number of rotatable bonds is 4. The van der Waals surface area contributed by atoms with E-state index in [1.54, 1.807) is 24.3 Å². The lowest BCUT2D eigenvalue weighted by Gasteiger charge is -2.16. The smallest absolute Gasteiger partial charge is 0.330 e. The average molecular weight is 341 g/mol. The molecule has 0 saturated carbocycles. The van der Waals surface area contributed by atoms with Crippen molar-refractivity contribution in [3.63, 3.8) is 0 Å². The molecular weight excluding hydrogens is 330 g/mol. The van der Waals surface area contributed by atoms with Crippen molar-refractivity contribution in [2.24, 2.45) is 0 Å². The largest absolute Gasteiger partial charge is 0.479 e. The van der Waals surface area contributed by atoms with E-state index >= 15 is 0 Å². The summed E-state index contributed by atoms with van der Waals surface area (Å²) in [6.07, 6.45) is 0. The van der Waals surface area contributed by atoms with Gasteiger partial charge in [-0.3, -0.25) is 0 Å². The third-order valence-corrected chi connectivity index (χ3v) is 3.39. The highest BCUT2D eigenvalue weighted by Crippen LogP contribution is 2.23. The van der Waals surface area contributed by atoms with Crippen molar-refractivity contribution in [3.05, 3.63) is 63.6 Å². The molecule has 0 saturated heterocycles. The number of anilines is 1. The normalized spacial score (nSPS) is 11.9. The van der Waals surface area contributed by atoms with Gasteiger partial charge in [-0.15, -0.1) is 0 Å².